The molecule has 4 rings (SSSR count). The van der Waals surface area contributed by atoms with Crippen molar-refractivity contribution >= 4 is 16.9 Å². The lowest BCUT2D eigenvalue weighted by atomic mass is 9.95. The van der Waals surface area contributed by atoms with E-state index < -0.39 is 47.6 Å². The maximum atomic E-state index is 14.0. The van der Waals surface area contributed by atoms with Crippen LogP contribution in [0.25, 0.3) is 22.1 Å². The van der Waals surface area contributed by atoms with E-state index >= 15 is 0 Å². The minimum absolute atomic E-state index is 0.0456. The lowest BCUT2D eigenvalue weighted by Gasteiger charge is -2.27. The molecular formula is C30H28F6O5. The van der Waals surface area contributed by atoms with Crippen LogP contribution in [0.4, 0.5) is 26.3 Å². The van der Waals surface area contributed by atoms with Crippen LogP contribution in [-0.4, -0.2) is 24.4 Å². The SMILES string of the molecule is C=CC(=O)OC1CCC(Oc2ccc3cc(-c4ccc(CCCCC)cc4C(F)(F)F)c(=O)oc3c2)C1C(F)(F)F. The van der Waals surface area contributed by atoms with Gasteiger partial charge in [-0.15, -0.1) is 0 Å². The average Bonchev–Trinajstić information content (AvgIpc) is 3.30. The molecule has 1 aliphatic rings. The molecule has 3 aromatic rings. The second kappa shape index (κ2) is 12.0. The predicted octanol–water partition coefficient (Wildman–Crippen LogP) is 8.03. The summed E-state index contributed by atoms with van der Waals surface area (Å²) in [5.74, 6) is -3.12. The second-order valence-electron chi connectivity index (χ2n) is 9.96. The minimum atomic E-state index is -4.73. The van der Waals surface area contributed by atoms with Gasteiger partial charge in [-0.2, -0.15) is 26.3 Å². The van der Waals surface area contributed by atoms with Gasteiger partial charge in [0.1, 0.15) is 29.5 Å². The maximum Gasteiger partial charge on any atom is 0.417 e. The molecule has 3 atom stereocenters. The number of aryl methyl sites for hydroxylation is 1. The summed E-state index contributed by atoms with van der Waals surface area (Å²) in [6, 6.07) is 9.04. The van der Waals surface area contributed by atoms with Gasteiger partial charge in [-0.1, -0.05) is 38.5 Å². The number of esters is 1. The second-order valence-corrected chi connectivity index (χ2v) is 9.96. The number of ether oxygens (including phenoxy) is 2. The summed E-state index contributed by atoms with van der Waals surface area (Å²) in [5.41, 5.74) is -2.18. The van der Waals surface area contributed by atoms with Gasteiger partial charge in [0, 0.05) is 23.1 Å². The Kier molecular flexibility index (Phi) is 8.84. The number of carbonyl (C=O) groups is 1. The van der Waals surface area contributed by atoms with Gasteiger partial charge in [0.05, 0.1) is 11.1 Å². The highest BCUT2D eigenvalue weighted by molar-refractivity contribution is 5.83. The van der Waals surface area contributed by atoms with E-state index in [9.17, 15) is 35.9 Å². The molecule has 0 spiro atoms. The molecule has 1 heterocycles. The third-order valence-electron chi connectivity index (χ3n) is 7.09. The van der Waals surface area contributed by atoms with Crippen molar-refractivity contribution in [1.82, 2.24) is 0 Å². The van der Waals surface area contributed by atoms with Crippen LogP contribution in [0, 0.1) is 5.92 Å². The summed E-state index contributed by atoms with van der Waals surface area (Å²) in [6.45, 7) is 5.19. The molecule has 0 aliphatic heterocycles. The number of rotatable bonds is 9. The lowest BCUT2D eigenvalue weighted by molar-refractivity contribution is -0.214. The molecule has 41 heavy (non-hydrogen) atoms. The molecule has 1 fully saturated rings. The van der Waals surface area contributed by atoms with Crippen molar-refractivity contribution in [1.29, 1.82) is 0 Å². The van der Waals surface area contributed by atoms with E-state index in [1.54, 1.807) is 6.07 Å². The zero-order valence-electron chi connectivity index (χ0n) is 22.1. The van der Waals surface area contributed by atoms with E-state index in [0.717, 1.165) is 31.4 Å². The van der Waals surface area contributed by atoms with Crippen LogP contribution in [0.3, 0.4) is 0 Å². The zero-order chi connectivity index (χ0) is 29.9. The Bertz CT molecular complexity index is 1470. The number of hydrogen-bond acceptors (Lipinski definition) is 5. The van der Waals surface area contributed by atoms with Gasteiger partial charge >= 0.3 is 23.9 Å². The van der Waals surface area contributed by atoms with Crippen LogP contribution in [0.15, 0.2) is 64.3 Å². The Morgan fingerprint density at radius 1 is 1.00 bits per heavy atom. The first-order chi connectivity index (χ1) is 19.3. The first kappa shape index (κ1) is 30.2. The number of carbonyl (C=O) groups excluding carboxylic acids is 1. The fourth-order valence-electron chi connectivity index (χ4n) is 5.13. The van der Waals surface area contributed by atoms with Crippen LogP contribution in [0.1, 0.15) is 50.2 Å². The standard InChI is InChI=1S/C30H28F6O5/c1-3-5-6-7-17-8-11-20(22(14-17)29(31,32)33)21-15-18-9-10-19(16-25(18)41-28(21)38)39-23-12-13-24(40-26(37)4-2)27(23)30(34,35)36/h4,8-11,14-16,23-24,27H,2-3,5-7,12-13H2,1H3. The molecule has 0 N–H and O–H groups in total. The summed E-state index contributed by atoms with van der Waals surface area (Å²) >= 11 is 0. The van der Waals surface area contributed by atoms with Crippen molar-refractivity contribution in [3.63, 3.8) is 0 Å². The molecule has 5 nitrogen and oxygen atoms in total. The molecule has 2 aromatic carbocycles. The highest BCUT2D eigenvalue weighted by atomic mass is 19.4. The average molecular weight is 583 g/mol. The first-order valence-corrected chi connectivity index (χ1v) is 13.2. The summed E-state index contributed by atoms with van der Waals surface area (Å²) in [6.07, 6.45) is -8.64. The van der Waals surface area contributed by atoms with Crippen LogP contribution in [0.5, 0.6) is 5.75 Å². The van der Waals surface area contributed by atoms with Gasteiger partial charge in [-0.25, -0.2) is 9.59 Å². The molecule has 1 aromatic heterocycles. The third-order valence-corrected chi connectivity index (χ3v) is 7.09. The van der Waals surface area contributed by atoms with Crippen molar-refractivity contribution < 1.29 is 45.0 Å². The van der Waals surface area contributed by atoms with Crippen LogP contribution in [-0.2, 0) is 22.1 Å². The first-order valence-electron chi connectivity index (χ1n) is 13.2. The van der Waals surface area contributed by atoms with Crippen molar-refractivity contribution in [3.8, 4) is 16.9 Å². The fraction of sp³-hybridized carbons (Fsp3) is 0.400. The van der Waals surface area contributed by atoms with E-state index in [1.165, 1.54) is 30.3 Å². The fourth-order valence-corrected chi connectivity index (χ4v) is 5.13. The highest BCUT2D eigenvalue weighted by Crippen LogP contribution is 2.43. The Balaban J connectivity index is 1.64. The molecule has 11 heteroatoms. The summed E-state index contributed by atoms with van der Waals surface area (Å²) < 4.78 is 99.1. The quantitative estimate of drug-likeness (QED) is 0.0840. The molecule has 0 radical (unpaired) electrons. The number of alkyl halides is 6. The molecule has 3 unspecified atom stereocenters. The number of unbranched alkanes of at least 4 members (excludes halogenated alkanes) is 2. The molecule has 220 valence electrons. The van der Waals surface area contributed by atoms with E-state index in [0.29, 0.717) is 12.0 Å². The largest absolute Gasteiger partial charge is 0.489 e. The molecular weight excluding hydrogens is 554 g/mol. The third kappa shape index (κ3) is 6.94. The molecule has 1 saturated carbocycles. The number of benzene rings is 2. The minimum Gasteiger partial charge on any atom is -0.489 e. The predicted molar refractivity (Wildman–Crippen MR) is 139 cm³/mol. The number of halogens is 6. The van der Waals surface area contributed by atoms with E-state index in [1.807, 2.05) is 6.92 Å². The number of fused-ring (bicyclic) bond motifs is 1. The van der Waals surface area contributed by atoms with Gasteiger partial charge in [0.25, 0.3) is 0 Å². The van der Waals surface area contributed by atoms with Crippen molar-refractivity contribution in [2.45, 2.75) is 70.0 Å². The van der Waals surface area contributed by atoms with Crippen LogP contribution in [0.2, 0.25) is 0 Å². The topological polar surface area (TPSA) is 65.7 Å². The Morgan fingerprint density at radius 3 is 2.39 bits per heavy atom. The Morgan fingerprint density at radius 2 is 1.73 bits per heavy atom. The molecule has 0 bridgehead atoms. The molecule has 1 aliphatic carbocycles. The van der Waals surface area contributed by atoms with E-state index in [4.69, 9.17) is 13.9 Å². The Hall–Kier alpha value is -3.76. The van der Waals surface area contributed by atoms with Crippen molar-refractivity contribution in [3.05, 3.63) is 76.7 Å². The molecule has 0 amide bonds. The lowest BCUT2D eigenvalue weighted by Crippen LogP contribution is -2.41. The highest BCUT2D eigenvalue weighted by Gasteiger charge is 2.55. The summed E-state index contributed by atoms with van der Waals surface area (Å²) in [5, 5.41) is 0.253. The summed E-state index contributed by atoms with van der Waals surface area (Å²) in [7, 11) is 0. The monoisotopic (exact) mass is 582 g/mol. The normalized spacial score (nSPS) is 19.3. The zero-order valence-corrected chi connectivity index (χ0v) is 22.1. The van der Waals surface area contributed by atoms with Gasteiger partial charge in [0.15, 0.2) is 0 Å². The van der Waals surface area contributed by atoms with Gasteiger partial charge < -0.3 is 13.9 Å². The Labute approximate surface area is 231 Å². The smallest absolute Gasteiger partial charge is 0.417 e. The van der Waals surface area contributed by atoms with Gasteiger partial charge in [-0.3, -0.25) is 0 Å². The van der Waals surface area contributed by atoms with Gasteiger partial charge in [0.2, 0.25) is 0 Å². The van der Waals surface area contributed by atoms with Crippen LogP contribution < -0.4 is 10.4 Å². The van der Waals surface area contributed by atoms with E-state index in [-0.39, 0.29) is 40.7 Å². The maximum absolute atomic E-state index is 14.0. The molecule has 0 saturated heterocycles. The number of hydrogen-bond donors (Lipinski definition) is 0. The van der Waals surface area contributed by atoms with E-state index in [2.05, 4.69) is 6.58 Å². The van der Waals surface area contributed by atoms with Crippen LogP contribution >= 0.6 is 0 Å². The summed E-state index contributed by atoms with van der Waals surface area (Å²) in [4.78, 5) is 24.3. The van der Waals surface area contributed by atoms with Crippen molar-refractivity contribution in [2.75, 3.05) is 0 Å². The van der Waals surface area contributed by atoms with Crippen molar-refractivity contribution in [2.24, 2.45) is 5.92 Å². The van der Waals surface area contributed by atoms with Gasteiger partial charge in [-0.05, 0) is 55.5 Å².